The summed E-state index contributed by atoms with van der Waals surface area (Å²) in [5.74, 6) is -1.22. The number of aliphatic carboxylic acids is 1. The zero-order valence-corrected chi connectivity index (χ0v) is 10.9. The maximum Gasteiger partial charge on any atom is 0.317 e. The van der Waals surface area contributed by atoms with Crippen LogP contribution in [0.3, 0.4) is 0 Å². The van der Waals surface area contributed by atoms with E-state index in [1.54, 1.807) is 16.3 Å². The molecule has 0 radical (unpaired) electrons. The number of nitriles is 1. The van der Waals surface area contributed by atoms with Crippen LogP contribution in [0.15, 0.2) is 11.4 Å². The second-order valence-corrected chi connectivity index (χ2v) is 5.27. The van der Waals surface area contributed by atoms with Crippen molar-refractivity contribution in [3.8, 4) is 6.07 Å². The third-order valence-electron chi connectivity index (χ3n) is 2.79. The highest BCUT2D eigenvalue weighted by Crippen LogP contribution is 2.27. The number of amides is 1. The predicted octanol–water partition coefficient (Wildman–Crippen LogP) is 1.11. The van der Waals surface area contributed by atoms with E-state index in [0.717, 1.165) is 12.8 Å². The molecule has 0 aliphatic heterocycles. The van der Waals surface area contributed by atoms with Gasteiger partial charge in [-0.15, -0.1) is 11.3 Å². The number of carbonyl (C=O) groups excluding carboxylic acids is 1. The smallest absolute Gasteiger partial charge is 0.317 e. The lowest BCUT2D eigenvalue weighted by atomic mass is 10.3. The van der Waals surface area contributed by atoms with Crippen molar-refractivity contribution in [3.63, 3.8) is 0 Å². The number of anilines is 1. The Hall–Kier alpha value is -1.91. The number of hydrogen-bond donors (Lipinski definition) is 2. The van der Waals surface area contributed by atoms with E-state index in [9.17, 15) is 9.59 Å². The van der Waals surface area contributed by atoms with Crippen LogP contribution >= 0.6 is 11.3 Å². The van der Waals surface area contributed by atoms with Crippen LogP contribution in [0.2, 0.25) is 0 Å². The first-order valence-corrected chi connectivity index (χ1v) is 6.71. The van der Waals surface area contributed by atoms with Gasteiger partial charge in [0.2, 0.25) is 5.91 Å². The largest absolute Gasteiger partial charge is 0.480 e. The molecular formula is C12H13N3O3S. The average molecular weight is 279 g/mol. The Bertz CT molecular complexity index is 531. The van der Waals surface area contributed by atoms with Gasteiger partial charge in [0.1, 0.15) is 11.1 Å². The van der Waals surface area contributed by atoms with Crippen molar-refractivity contribution in [2.24, 2.45) is 0 Å². The summed E-state index contributed by atoms with van der Waals surface area (Å²) in [5, 5.41) is 22.5. The number of nitrogens with one attached hydrogen (secondary N) is 1. The van der Waals surface area contributed by atoms with E-state index < -0.39 is 5.97 Å². The lowest BCUT2D eigenvalue weighted by Gasteiger charge is -2.18. The Balaban J connectivity index is 1.92. The van der Waals surface area contributed by atoms with Crippen molar-refractivity contribution in [3.05, 3.63) is 17.0 Å². The lowest BCUT2D eigenvalue weighted by Crippen LogP contribution is -2.38. The number of carbonyl (C=O) groups is 2. The Morgan fingerprint density at radius 3 is 2.84 bits per heavy atom. The summed E-state index contributed by atoms with van der Waals surface area (Å²) in [4.78, 5) is 24.2. The molecule has 2 N–H and O–H groups in total. The number of hydrogen-bond acceptors (Lipinski definition) is 5. The van der Waals surface area contributed by atoms with Gasteiger partial charge in [0, 0.05) is 6.04 Å². The first kappa shape index (κ1) is 13.5. The van der Waals surface area contributed by atoms with Gasteiger partial charge in [0.15, 0.2) is 0 Å². The van der Waals surface area contributed by atoms with E-state index in [4.69, 9.17) is 10.4 Å². The minimum Gasteiger partial charge on any atom is -0.480 e. The van der Waals surface area contributed by atoms with Crippen LogP contribution in [0.1, 0.15) is 18.4 Å². The molecule has 0 bridgehead atoms. The SMILES string of the molecule is N#Cc1ccsc1NC(=O)CN(CC(=O)O)C1CC1. The van der Waals surface area contributed by atoms with E-state index in [0.29, 0.717) is 10.6 Å². The van der Waals surface area contributed by atoms with E-state index in [1.165, 1.54) is 11.3 Å². The average Bonchev–Trinajstić information content (AvgIpc) is 3.09. The van der Waals surface area contributed by atoms with Crippen molar-refractivity contribution in [2.45, 2.75) is 18.9 Å². The molecule has 0 atom stereocenters. The van der Waals surface area contributed by atoms with Gasteiger partial charge >= 0.3 is 5.97 Å². The van der Waals surface area contributed by atoms with Gasteiger partial charge in [0.25, 0.3) is 0 Å². The number of thiophene rings is 1. The van der Waals surface area contributed by atoms with Crippen molar-refractivity contribution in [1.82, 2.24) is 4.90 Å². The van der Waals surface area contributed by atoms with Crippen LogP contribution in [-0.2, 0) is 9.59 Å². The summed E-state index contributed by atoms with van der Waals surface area (Å²) in [6, 6.07) is 3.82. The third kappa shape index (κ3) is 3.77. The van der Waals surface area contributed by atoms with Crippen molar-refractivity contribution < 1.29 is 14.7 Å². The van der Waals surface area contributed by atoms with Gasteiger partial charge < -0.3 is 10.4 Å². The number of carboxylic acid groups (broad SMARTS) is 1. The highest BCUT2D eigenvalue weighted by Gasteiger charge is 2.31. The molecule has 1 saturated carbocycles. The Kier molecular flexibility index (Phi) is 4.14. The Labute approximate surface area is 114 Å². The molecule has 6 nitrogen and oxygen atoms in total. The molecule has 1 fully saturated rings. The molecule has 1 amide bonds. The molecular weight excluding hydrogens is 266 g/mol. The maximum atomic E-state index is 11.9. The maximum absolute atomic E-state index is 11.9. The number of nitrogens with zero attached hydrogens (tertiary/aromatic N) is 2. The summed E-state index contributed by atoms with van der Waals surface area (Å²) in [7, 11) is 0. The van der Waals surface area contributed by atoms with Gasteiger partial charge in [-0.2, -0.15) is 5.26 Å². The van der Waals surface area contributed by atoms with E-state index in [2.05, 4.69) is 5.32 Å². The molecule has 1 aromatic heterocycles. The van der Waals surface area contributed by atoms with E-state index in [1.807, 2.05) is 6.07 Å². The van der Waals surface area contributed by atoms with Crippen molar-refractivity contribution in [2.75, 3.05) is 18.4 Å². The van der Waals surface area contributed by atoms with Gasteiger partial charge in [-0.05, 0) is 24.3 Å². The quantitative estimate of drug-likeness (QED) is 0.813. The highest BCUT2D eigenvalue weighted by atomic mass is 32.1. The Morgan fingerprint density at radius 1 is 1.53 bits per heavy atom. The molecule has 2 rings (SSSR count). The molecule has 0 aromatic carbocycles. The fourth-order valence-electron chi connectivity index (χ4n) is 1.77. The van der Waals surface area contributed by atoms with E-state index >= 15 is 0 Å². The number of carboxylic acids is 1. The van der Waals surface area contributed by atoms with Crippen LogP contribution in [0.5, 0.6) is 0 Å². The second kappa shape index (κ2) is 5.82. The van der Waals surface area contributed by atoms with Gasteiger partial charge in [-0.1, -0.05) is 0 Å². The minimum absolute atomic E-state index is 0.0414. The fourth-order valence-corrected chi connectivity index (χ4v) is 2.53. The number of rotatable bonds is 6. The van der Waals surface area contributed by atoms with E-state index in [-0.39, 0.29) is 25.0 Å². The van der Waals surface area contributed by atoms with Crippen molar-refractivity contribution >= 4 is 28.2 Å². The summed E-state index contributed by atoms with van der Waals surface area (Å²) < 4.78 is 0. The van der Waals surface area contributed by atoms with Crippen LogP contribution < -0.4 is 5.32 Å². The van der Waals surface area contributed by atoms with Crippen LogP contribution in [0.25, 0.3) is 0 Å². The van der Waals surface area contributed by atoms with Crippen LogP contribution in [0, 0.1) is 11.3 Å². The molecule has 0 saturated heterocycles. The Morgan fingerprint density at radius 2 is 2.26 bits per heavy atom. The normalized spacial score (nSPS) is 14.1. The van der Waals surface area contributed by atoms with Crippen LogP contribution in [0.4, 0.5) is 5.00 Å². The highest BCUT2D eigenvalue weighted by molar-refractivity contribution is 7.14. The molecule has 7 heteroatoms. The topological polar surface area (TPSA) is 93.4 Å². The molecule has 1 aliphatic rings. The molecule has 1 aliphatic carbocycles. The molecule has 0 spiro atoms. The molecule has 1 heterocycles. The molecule has 100 valence electrons. The molecule has 19 heavy (non-hydrogen) atoms. The summed E-state index contributed by atoms with van der Waals surface area (Å²) in [6.07, 6.45) is 1.87. The fraction of sp³-hybridized carbons (Fsp3) is 0.417. The molecule has 1 aromatic rings. The first-order valence-electron chi connectivity index (χ1n) is 5.83. The second-order valence-electron chi connectivity index (χ2n) is 4.35. The third-order valence-corrected chi connectivity index (χ3v) is 3.62. The molecule has 0 unspecified atom stereocenters. The lowest BCUT2D eigenvalue weighted by molar-refractivity contribution is -0.138. The minimum atomic E-state index is -0.937. The first-order chi connectivity index (χ1) is 9.10. The standard InChI is InChI=1S/C12H13N3O3S/c13-5-8-3-4-19-12(8)14-10(16)6-15(7-11(17)18)9-1-2-9/h3-4,9H,1-2,6-7H2,(H,14,16)(H,17,18). The predicted molar refractivity (Wildman–Crippen MR) is 69.9 cm³/mol. The van der Waals surface area contributed by atoms with Gasteiger partial charge in [-0.25, -0.2) is 0 Å². The summed E-state index contributed by atoms with van der Waals surface area (Å²) >= 11 is 1.28. The summed E-state index contributed by atoms with van der Waals surface area (Å²) in [5.41, 5.74) is 0.426. The monoisotopic (exact) mass is 279 g/mol. The van der Waals surface area contributed by atoms with Crippen molar-refractivity contribution in [1.29, 1.82) is 5.26 Å². The zero-order chi connectivity index (χ0) is 13.8. The van der Waals surface area contributed by atoms with Crippen LogP contribution in [-0.4, -0.2) is 41.0 Å². The van der Waals surface area contributed by atoms with Gasteiger partial charge in [-0.3, -0.25) is 14.5 Å². The zero-order valence-electron chi connectivity index (χ0n) is 10.1. The van der Waals surface area contributed by atoms with Gasteiger partial charge in [0.05, 0.1) is 18.7 Å². The summed E-state index contributed by atoms with van der Waals surface area (Å²) in [6.45, 7) is -0.0899.